The molecule has 0 aliphatic heterocycles. The van der Waals surface area contributed by atoms with E-state index in [0.717, 1.165) is 11.1 Å². The normalized spacial score (nSPS) is 11.6. The molecule has 0 fully saturated rings. The molecule has 0 unspecified atom stereocenters. The Kier molecular flexibility index (Phi) is 6.63. The molecule has 27 heavy (non-hydrogen) atoms. The zero-order valence-electron chi connectivity index (χ0n) is 16.0. The lowest BCUT2D eigenvalue weighted by Gasteiger charge is -2.14. The van der Waals surface area contributed by atoms with Crippen molar-refractivity contribution in [2.24, 2.45) is 0 Å². The van der Waals surface area contributed by atoms with Gasteiger partial charge in [0.25, 0.3) is 0 Å². The van der Waals surface area contributed by atoms with Gasteiger partial charge in [-0.15, -0.1) is 0 Å². The van der Waals surface area contributed by atoms with E-state index in [-0.39, 0.29) is 0 Å². The monoisotopic (exact) mass is 396 g/mol. The number of rotatable bonds is 7. The summed E-state index contributed by atoms with van der Waals surface area (Å²) in [7, 11) is 0. The number of benzene rings is 3. The Labute approximate surface area is 173 Å². The van der Waals surface area contributed by atoms with Crippen molar-refractivity contribution < 1.29 is 0 Å². The number of aryl methyl sites for hydroxylation is 1. The summed E-state index contributed by atoms with van der Waals surface area (Å²) >= 11 is 12.3. The van der Waals surface area contributed by atoms with E-state index in [4.69, 9.17) is 23.2 Å². The molecule has 0 aliphatic carbocycles. The SMILES string of the molecule is CCCCCc1ccc(-c2ccc(-c3ccc(C(C)(Cl)Cl)cc3)cc2)cc1. The maximum atomic E-state index is 6.16. The number of unbranched alkanes of at least 4 members (excludes halogenated alkanes) is 2. The molecule has 140 valence electrons. The summed E-state index contributed by atoms with van der Waals surface area (Å²) in [4.78, 5) is 0. The molecule has 0 heterocycles. The van der Waals surface area contributed by atoms with E-state index in [2.05, 4.69) is 67.6 Å². The molecule has 0 atom stereocenters. The number of hydrogen-bond acceptors (Lipinski definition) is 0. The largest absolute Gasteiger partial charge is 0.140 e. The third kappa shape index (κ3) is 5.37. The van der Waals surface area contributed by atoms with Crippen molar-refractivity contribution in [3.63, 3.8) is 0 Å². The summed E-state index contributed by atoms with van der Waals surface area (Å²) in [5.74, 6) is 0. The highest BCUT2D eigenvalue weighted by molar-refractivity contribution is 6.47. The molecule has 0 saturated heterocycles. The van der Waals surface area contributed by atoms with Crippen LogP contribution in [0.1, 0.15) is 44.2 Å². The predicted octanol–water partition coefficient (Wildman–Crippen LogP) is 8.40. The van der Waals surface area contributed by atoms with Crippen LogP contribution in [-0.2, 0) is 10.8 Å². The Balaban J connectivity index is 1.71. The first-order valence-electron chi connectivity index (χ1n) is 9.65. The Morgan fingerprint density at radius 1 is 0.630 bits per heavy atom. The van der Waals surface area contributed by atoms with Crippen molar-refractivity contribution in [3.05, 3.63) is 83.9 Å². The third-order valence-electron chi connectivity index (χ3n) is 4.97. The Morgan fingerprint density at radius 2 is 1.04 bits per heavy atom. The molecule has 0 nitrogen and oxygen atoms in total. The Morgan fingerprint density at radius 3 is 1.44 bits per heavy atom. The van der Waals surface area contributed by atoms with Gasteiger partial charge in [-0.2, -0.15) is 0 Å². The van der Waals surface area contributed by atoms with Gasteiger partial charge in [-0.3, -0.25) is 0 Å². The van der Waals surface area contributed by atoms with Gasteiger partial charge in [0.2, 0.25) is 0 Å². The van der Waals surface area contributed by atoms with Gasteiger partial charge in [0.05, 0.1) is 0 Å². The highest BCUT2D eigenvalue weighted by atomic mass is 35.5. The molecule has 3 rings (SSSR count). The molecule has 0 N–H and O–H groups in total. The minimum atomic E-state index is -0.856. The number of alkyl halides is 2. The molecule has 0 spiro atoms. The standard InChI is InChI=1S/C25H26Cl2/c1-3-4-5-6-19-7-9-20(10-8-19)21-11-13-22(14-12-21)23-15-17-24(18-16-23)25(2,26)27/h7-18H,3-6H2,1-2H3. The van der Waals surface area contributed by atoms with Crippen molar-refractivity contribution in [3.8, 4) is 22.3 Å². The van der Waals surface area contributed by atoms with Gasteiger partial charge in [0.15, 0.2) is 0 Å². The molecule has 0 aromatic heterocycles. The van der Waals surface area contributed by atoms with E-state index in [1.807, 2.05) is 12.1 Å². The molecule has 0 saturated carbocycles. The van der Waals surface area contributed by atoms with Crippen LogP contribution in [0.3, 0.4) is 0 Å². The van der Waals surface area contributed by atoms with Gasteiger partial charge >= 0.3 is 0 Å². The van der Waals surface area contributed by atoms with Crippen LogP contribution in [0.2, 0.25) is 0 Å². The first kappa shape index (κ1) is 20.0. The summed E-state index contributed by atoms with van der Waals surface area (Å²) < 4.78 is -0.856. The predicted molar refractivity (Wildman–Crippen MR) is 120 cm³/mol. The summed E-state index contributed by atoms with van der Waals surface area (Å²) in [6.07, 6.45) is 5.02. The fourth-order valence-electron chi connectivity index (χ4n) is 3.25. The van der Waals surface area contributed by atoms with E-state index in [9.17, 15) is 0 Å². The van der Waals surface area contributed by atoms with Crippen molar-refractivity contribution >= 4 is 23.2 Å². The van der Waals surface area contributed by atoms with Gasteiger partial charge in [-0.1, -0.05) is 116 Å². The van der Waals surface area contributed by atoms with Crippen LogP contribution in [0.25, 0.3) is 22.3 Å². The maximum absolute atomic E-state index is 6.16. The molecule has 3 aromatic rings. The van der Waals surface area contributed by atoms with Crippen LogP contribution < -0.4 is 0 Å². The second kappa shape index (κ2) is 8.95. The van der Waals surface area contributed by atoms with Gasteiger partial charge in [-0.05, 0) is 53.1 Å². The fourth-order valence-corrected chi connectivity index (χ4v) is 3.51. The molecule has 0 bridgehead atoms. The molecule has 0 radical (unpaired) electrons. The molecule has 0 amide bonds. The quantitative estimate of drug-likeness (QED) is 0.277. The van der Waals surface area contributed by atoms with E-state index in [1.54, 1.807) is 6.92 Å². The maximum Gasteiger partial charge on any atom is 0.140 e. The fraction of sp³-hybridized carbons (Fsp3) is 0.280. The van der Waals surface area contributed by atoms with Gasteiger partial charge in [0, 0.05) is 0 Å². The van der Waals surface area contributed by atoms with Gasteiger partial charge in [0.1, 0.15) is 4.33 Å². The molecular formula is C25H26Cl2. The zero-order chi connectivity index (χ0) is 19.3. The average molecular weight is 397 g/mol. The highest BCUT2D eigenvalue weighted by Crippen LogP contribution is 2.34. The van der Waals surface area contributed by atoms with Gasteiger partial charge < -0.3 is 0 Å². The van der Waals surface area contributed by atoms with Crippen LogP contribution in [0, 0.1) is 0 Å². The number of hydrogen-bond donors (Lipinski definition) is 0. The Hall–Kier alpha value is -1.76. The van der Waals surface area contributed by atoms with Crippen LogP contribution >= 0.6 is 23.2 Å². The Bertz CT molecular complexity index is 839. The second-order valence-electron chi connectivity index (χ2n) is 7.20. The average Bonchev–Trinajstić information content (AvgIpc) is 2.68. The van der Waals surface area contributed by atoms with Crippen LogP contribution in [0.15, 0.2) is 72.8 Å². The van der Waals surface area contributed by atoms with E-state index in [0.29, 0.717) is 0 Å². The third-order valence-corrected chi connectivity index (χ3v) is 5.40. The van der Waals surface area contributed by atoms with E-state index >= 15 is 0 Å². The van der Waals surface area contributed by atoms with Crippen molar-refractivity contribution in [2.75, 3.05) is 0 Å². The van der Waals surface area contributed by atoms with Crippen LogP contribution in [-0.4, -0.2) is 0 Å². The lowest BCUT2D eigenvalue weighted by Crippen LogP contribution is -2.02. The molecule has 0 aliphatic rings. The summed E-state index contributed by atoms with van der Waals surface area (Å²) in [5, 5.41) is 0. The summed E-state index contributed by atoms with van der Waals surface area (Å²) in [6.45, 7) is 4.03. The van der Waals surface area contributed by atoms with Crippen molar-refractivity contribution in [2.45, 2.75) is 43.9 Å². The summed E-state index contributed by atoms with van der Waals surface area (Å²) in [5.41, 5.74) is 7.18. The van der Waals surface area contributed by atoms with Gasteiger partial charge in [-0.25, -0.2) is 0 Å². The molecule has 2 heteroatoms. The van der Waals surface area contributed by atoms with Crippen molar-refractivity contribution in [1.82, 2.24) is 0 Å². The first-order valence-corrected chi connectivity index (χ1v) is 10.4. The molecule has 3 aromatic carbocycles. The van der Waals surface area contributed by atoms with Crippen LogP contribution in [0.4, 0.5) is 0 Å². The first-order chi connectivity index (χ1) is 13.0. The minimum absolute atomic E-state index is 0.856. The van der Waals surface area contributed by atoms with E-state index in [1.165, 1.54) is 47.9 Å². The summed E-state index contributed by atoms with van der Waals surface area (Å²) in [6, 6.07) is 25.8. The lowest BCUT2D eigenvalue weighted by molar-refractivity contribution is 0.717. The smallest absolute Gasteiger partial charge is 0.0966 e. The minimum Gasteiger partial charge on any atom is -0.0966 e. The lowest BCUT2D eigenvalue weighted by atomic mass is 9.98. The van der Waals surface area contributed by atoms with Crippen LogP contribution in [0.5, 0.6) is 0 Å². The van der Waals surface area contributed by atoms with E-state index < -0.39 is 4.33 Å². The second-order valence-corrected chi connectivity index (χ2v) is 8.90. The topological polar surface area (TPSA) is 0 Å². The molecular weight excluding hydrogens is 371 g/mol. The number of halogens is 2. The zero-order valence-corrected chi connectivity index (χ0v) is 17.5. The highest BCUT2D eigenvalue weighted by Gasteiger charge is 2.18. The van der Waals surface area contributed by atoms with Crippen molar-refractivity contribution in [1.29, 1.82) is 0 Å².